The summed E-state index contributed by atoms with van der Waals surface area (Å²) in [7, 11) is 0. The molecule has 2 aromatic rings. The Labute approximate surface area is 124 Å². The number of benzene rings is 2. The molecule has 0 aromatic heterocycles. The van der Waals surface area contributed by atoms with E-state index in [9.17, 15) is 0 Å². The highest BCUT2D eigenvalue weighted by molar-refractivity contribution is 9.10. The summed E-state index contributed by atoms with van der Waals surface area (Å²) in [4.78, 5) is 0. The highest BCUT2D eigenvalue weighted by Gasteiger charge is 2.12. The van der Waals surface area contributed by atoms with Gasteiger partial charge in [0.1, 0.15) is 0 Å². The van der Waals surface area contributed by atoms with Gasteiger partial charge >= 0.3 is 0 Å². The van der Waals surface area contributed by atoms with Crippen molar-refractivity contribution in [2.45, 2.75) is 26.3 Å². The molecule has 1 unspecified atom stereocenters. The molecular weight excluding hydrogens is 298 g/mol. The summed E-state index contributed by atoms with van der Waals surface area (Å²) in [6.45, 7) is 5.27. The third-order valence-electron chi connectivity index (χ3n) is 3.20. The smallest absolute Gasteiger partial charge is 0.0361 e. The van der Waals surface area contributed by atoms with Gasteiger partial charge in [0.05, 0.1) is 0 Å². The number of likely N-dealkylation sites (N-methyl/N-ethyl adjacent to an activating group) is 1. The van der Waals surface area contributed by atoms with E-state index in [0.29, 0.717) is 6.04 Å². The third-order valence-corrected chi connectivity index (χ3v) is 3.66. The second-order valence-corrected chi connectivity index (χ2v) is 5.78. The zero-order valence-corrected chi connectivity index (χ0v) is 13.1. The molecule has 0 saturated heterocycles. The first-order valence-corrected chi connectivity index (χ1v) is 7.52. The SMILES string of the molecule is CCNC(Cc1ccccc1)c1cc(C)cc(Br)c1. The lowest BCUT2D eigenvalue weighted by atomic mass is 9.97. The van der Waals surface area contributed by atoms with Crippen molar-refractivity contribution < 1.29 is 0 Å². The quantitative estimate of drug-likeness (QED) is 0.846. The first kappa shape index (κ1) is 14.3. The van der Waals surface area contributed by atoms with Gasteiger partial charge in [0.25, 0.3) is 0 Å². The van der Waals surface area contributed by atoms with E-state index in [1.807, 2.05) is 0 Å². The van der Waals surface area contributed by atoms with E-state index in [0.717, 1.165) is 17.4 Å². The van der Waals surface area contributed by atoms with E-state index in [2.05, 4.69) is 83.6 Å². The van der Waals surface area contributed by atoms with E-state index in [1.165, 1.54) is 16.7 Å². The van der Waals surface area contributed by atoms with Crippen molar-refractivity contribution in [2.24, 2.45) is 0 Å². The Bertz CT molecular complexity index is 502. The lowest BCUT2D eigenvalue weighted by Gasteiger charge is -2.19. The summed E-state index contributed by atoms with van der Waals surface area (Å²) in [5, 5.41) is 3.58. The first-order chi connectivity index (χ1) is 9.19. The number of aryl methyl sites for hydroxylation is 1. The number of hydrogen-bond donors (Lipinski definition) is 1. The predicted octanol–water partition coefficient (Wildman–Crippen LogP) is 4.65. The molecule has 0 aliphatic heterocycles. The predicted molar refractivity (Wildman–Crippen MR) is 85.4 cm³/mol. The van der Waals surface area contributed by atoms with Crippen molar-refractivity contribution in [2.75, 3.05) is 6.54 Å². The Morgan fingerprint density at radius 1 is 1.11 bits per heavy atom. The zero-order valence-electron chi connectivity index (χ0n) is 11.5. The van der Waals surface area contributed by atoms with Crippen LogP contribution in [0.2, 0.25) is 0 Å². The largest absolute Gasteiger partial charge is 0.310 e. The normalized spacial score (nSPS) is 12.4. The minimum absolute atomic E-state index is 0.364. The van der Waals surface area contributed by atoms with Crippen molar-refractivity contribution in [3.8, 4) is 0 Å². The molecule has 2 aromatic carbocycles. The zero-order chi connectivity index (χ0) is 13.7. The molecule has 0 bridgehead atoms. The van der Waals surface area contributed by atoms with Crippen molar-refractivity contribution in [3.05, 3.63) is 69.7 Å². The van der Waals surface area contributed by atoms with Crippen LogP contribution in [0.25, 0.3) is 0 Å². The van der Waals surface area contributed by atoms with Crippen molar-refractivity contribution in [3.63, 3.8) is 0 Å². The van der Waals surface area contributed by atoms with Crippen LogP contribution in [0.3, 0.4) is 0 Å². The molecule has 1 nitrogen and oxygen atoms in total. The Morgan fingerprint density at radius 2 is 1.84 bits per heavy atom. The van der Waals surface area contributed by atoms with Crippen LogP contribution in [0.4, 0.5) is 0 Å². The topological polar surface area (TPSA) is 12.0 Å². The van der Waals surface area contributed by atoms with Crippen LogP contribution < -0.4 is 5.32 Å². The maximum Gasteiger partial charge on any atom is 0.0361 e. The second-order valence-electron chi connectivity index (χ2n) is 4.86. The summed E-state index contributed by atoms with van der Waals surface area (Å²) in [5.74, 6) is 0. The van der Waals surface area contributed by atoms with Gasteiger partial charge in [-0.3, -0.25) is 0 Å². The fraction of sp³-hybridized carbons (Fsp3) is 0.294. The van der Waals surface area contributed by atoms with Gasteiger partial charge < -0.3 is 5.32 Å². The number of nitrogens with one attached hydrogen (secondary N) is 1. The molecule has 1 atom stereocenters. The molecule has 0 saturated carbocycles. The lowest BCUT2D eigenvalue weighted by Crippen LogP contribution is -2.23. The van der Waals surface area contributed by atoms with Gasteiger partial charge in [-0.15, -0.1) is 0 Å². The van der Waals surface area contributed by atoms with Crippen LogP contribution in [-0.2, 0) is 6.42 Å². The van der Waals surface area contributed by atoms with Crippen molar-refractivity contribution in [1.82, 2.24) is 5.32 Å². The van der Waals surface area contributed by atoms with Gasteiger partial charge in [0.2, 0.25) is 0 Å². The van der Waals surface area contributed by atoms with Crippen molar-refractivity contribution in [1.29, 1.82) is 0 Å². The van der Waals surface area contributed by atoms with Gasteiger partial charge in [0.15, 0.2) is 0 Å². The van der Waals surface area contributed by atoms with Gasteiger partial charge in [0, 0.05) is 10.5 Å². The highest BCUT2D eigenvalue weighted by Crippen LogP contribution is 2.23. The molecule has 19 heavy (non-hydrogen) atoms. The molecule has 0 radical (unpaired) electrons. The van der Waals surface area contributed by atoms with Crippen LogP contribution in [-0.4, -0.2) is 6.54 Å². The molecule has 0 spiro atoms. The molecular formula is C17H20BrN. The Balaban J connectivity index is 2.24. The molecule has 2 heteroatoms. The monoisotopic (exact) mass is 317 g/mol. The van der Waals surface area contributed by atoms with Gasteiger partial charge in [-0.05, 0) is 48.7 Å². The fourth-order valence-electron chi connectivity index (χ4n) is 2.37. The van der Waals surface area contributed by atoms with Crippen LogP contribution in [0, 0.1) is 6.92 Å². The lowest BCUT2D eigenvalue weighted by molar-refractivity contribution is 0.549. The molecule has 0 aliphatic rings. The minimum atomic E-state index is 0.364. The third kappa shape index (κ3) is 4.19. The average molecular weight is 318 g/mol. The number of rotatable bonds is 5. The van der Waals surface area contributed by atoms with Crippen LogP contribution in [0.1, 0.15) is 29.7 Å². The molecule has 0 amide bonds. The van der Waals surface area contributed by atoms with E-state index in [1.54, 1.807) is 0 Å². The van der Waals surface area contributed by atoms with Crippen LogP contribution in [0.5, 0.6) is 0 Å². The van der Waals surface area contributed by atoms with Crippen LogP contribution >= 0.6 is 15.9 Å². The Hall–Kier alpha value is -1.12. The van der Waals surface area contributed by atoms with Gasteiger partial charge in [-0.1, -0.05) is 59.3 Å². The fourth-order valence-corrected chi connectivity index (χ4v) is 3.00. The maximum atomic E-state index is 3.59. The van der Waals surface area contributed by atoms with E-state index in [4.69, 9.17) is 0 Å². The van der Waals surface area contributed by atoms with E-state index >= 15 is 0 Å². The maximum absolute atomic E-state index is 3.59. The van der Waals surface area contributed by atoms with E-state index < -0.39 is 0 Å². The standard InChI is InChI=1S/C17H20BrN/c1-3-19-17(11-14-7-5-4-6-8-14)15-9-13(2)10-16(18)12-15/h4-10,12,17,19H,3,11H2,1-2H3. The Kier molecular flexibility index (Phi) is 5.17. The first-order valence-electron chi connectivity index (χ1n) is 6.73. The summed E-state index contributed by atoms with van der Waals surface area (Å²) in [6, 6.07) is 17.6. The number of halogens is 1. The van der Waals surface area contributed by atoms with Crippen molar-refractivity contribution >= 4 is 15.9 Å². The summed E-state index contributed by atoms with van der Waals surface area (Å²) >= 11 is 3.59. The molecule has 0 aliphatic carbocycles. The van der Waals surface area contributed by atoms with E-state index in [-0.39, 0.29) is 0 Å². The molecule has 2 rings (SSSR count). The molecule has 0 fully saturated rings. The summed E-state index contributed by atoms with van der Waals surface area (Å²) < 4.78 is 1.15. The summed E-state index contributed by atoms with van der Waals surface area (Å²) in [5.41, 5.74) is 4.00. The second kappa shape index (κ2) is 6.88. The molecule has 1 N–H and O–H groups in total. The molecule has 100 valence electrons. The highest BCUT2D eigenvalue weighted by atomic mass is 79.9. The van der Waals surface area contributed by atoms with Gasteiger partial charge in [-0.2, -0.15) is 0 Å². The van der Waals surface area contributed by atoms with Crippen LogP contribution in [0.15, 0.2) is 53.0 Å². The minimum Gasteiger partial charge on any atom is -0.310 e. The van der Waals surface area contributed by atoms with Gasteiger partial charge in [-0.25, -0.2) is 0 Å². The Morgan fingerprint density at radius 3 is 2.47 bits per heavy atom. The summed E-state index contributed by atoms with van der Waals surface area (Å²) in [6.07, 6.45) is 1.02. The average Bonchev–Trinajstić information content (AvgIpc) is 2.38. The number of hydrogen-bond acceptors (Lipinski definition) is 1. The molecule has 0 heterocycles.